The molecule has 0 aromatic heterocycles. The van der Waals surface area contributed by atoms with E-state index in [1.54, 1.807) is 19.2 Å². The van der Waals surface area contributed by atoms with Gasteiger partial charge in [0.2, 0.25) is 5.91 Å². The highest BCUT2D eigenvalue weighted by molar-refractivity contribution is 8.00. The van der Waals surface area contributed by atoms with Crippen molar-refractivity contribution in [3.05, 3.63) is 77.0 Å². The Balaban J connectivity index is 1.37. The van der Waals surface area contributed by atoms with Crippen LogP contribution in [0.4, 0.5) is 0 Å². The Morgan fingerprint density at radius 2 is 1.81 bits per heavy atom. The topological polar surface area (TPSA) is 84.9 Å². The van der Waals surface area contributed by atoms with Crippen LogP contribution in [0.5, 0.6) is 5.75 Å². The van der Waals surface area contributed by atoms with E-state index in [4.69, 9.17) is 9.47 Å². The molecule has 0 spiro atoms. The fourth-order valence-electron chi connectivity index (χ4n) is 3.71. The van der Waals surface area contributed by atoms with Crippen LogP contribution in [0.15, 0.2) is 65.9 Å². The van der Waals surface area contributed by atoms with Crippen LogP contribution in [0, 0.1) is 0 Å². The fraction of sp³-hybridized carbons (Fsp3) is 0.292. The molecule has 0 bridgehead atoms. The highest BCUT2D eigenvalue weighted by Gasteiger charge is 2.53. The number of hydrogen-bond acceptors (Lipinski definition) is 6. The third-order valence-electron chi connectivity index (χ3n) is 5.41. The maximum atomic E-state index is 12.8. The van der Waals surface area contributed by atoms with Crippen molar-refractivity contribution < 1.29 is 23.9 Å². The van der Waals surface area contributed by atoms with Gasteiger partial charge in [-0.2, -0.15) is 0 Å². The average molecular weight is 453 g/mol. The Morgan fingerprint density at radius 1 is 1.09 bits per heavy atom. The van der Waals surface area contributed by atoms with Crippen LogP contribution in [0.25, 0.3) is 0 Å². The number of esters is 1. The lowest BCUT2D eigenvalue weighted by molar-refractivity contribution is -0.153. The first-order chi connectivity index (χ1) is 15.5. The number of nitrogens with one attached hydrogen (secondary N) is 1. The molecule has 2 aliphatic heterocycles. The van der Waals surface area contributed by atoms with Crippen molar-refractivity contribution in [2.75, 3.05) is 12.9 Å². The van der Waals surface area contributed by atoms with Gasteiger partial charge in [0.1, 0.15) is 29.5 Å². The standard InChI is InChI=1S/C24H24N2O5S/c1-15-14-32-23-20(25-19(27)12-16-6-4-3-5-7-16)22(28)26(23)21(15)24(29)31-13-17-8-10-18(30-2)11-9-17/h3-11,20,23H,12-14H2,1-2H3,(H,25,27)/t20?,23-/m0/s1. The van der Waals surface area contributed by atoms with Crippen molar-refractivity contribution >= 4 is 29.5 Å². The van der Waals surface area contributed by atoms with Gasteiger partial charge in [-0.25, -0.2) is 4.79 Å². The zero-order valence-electron chi connectivity index (χ0n) is 17.9. The molecule has 2 aliphatic rings. The molecule has 1 N–H and O–H groups in total. The smallest absolute Gasteiger partial charge is 0.355 e. The highest BCUT2D eigenvalue weighted by atomic mass is 32.2. The number of amides is 2. The van der Waals surface area contributed by atoms with Gasteiger partial charge >= 0.3 is 5.97 Å². The molecule has 2 aromatic carbocycles. The van der Waals surface area contributed by atoms with E-state index in [2.05, 4.69) is 5.32 Å². The van der Waals surface area contributed by atoms with Crippen LogP contribution >= 0.6 is 11.8 Å². The molecule has 166 valence electrons. The van der Waals surface area contributed by atoms with Gasteiger partial charge in [0.25, 0.3) is 5.91 Å². The van der Waals surface area contributed by atoms with Crippen molar-refractivity contribution in [1.82, 2.24) is 10.2 Å². The summed E-state index contributed by atoms with van der Waals surface area (Å²) < 4.78 is 10.6. The molecule has 2 atom stereocenters. The number of methoxy groups -OCH3 is 1. The molecule has 2 amide bonds. The zero-order valence-corrected chi connectivity index (χ0v) is 18.7. The number of β-lactam (4-membered cyclic amide) rings is 1. The Kier molecular flexibility index (Phi) is 6.50. The number of nitrogens with zero attached hydrogens (tertiary/aromatic N) is 1. The average Bonchev–Trinajstić information content (AvgIpc) is 2.81. The molecular formula is C24H24N2O5S. The Morgan fingerprint density at radius 3 is 2.50 bits per heavy atom. The van der Waals surface area contributed by atoms with Gasteiger partial charge in [0.15, 0.2) is 0 Å². The number of ether oxygens (including phenoxy) is 2. The van der Waals surface area contributed by atoms with Gasteiger partial charge in [0, 0.05) is 5.75 Å². The summed E-state index contributed by atoms with van der Waals surface area (Å²) in [6.07, 6.45) is 0.202. The Labute approximate surface area is 190 Å². The predicted octanol–water partition coefficient (Wildman–Crippen LogP) is 2.66. The van der Waals surface area contributed by atoms with Gasteiger partial charge in [-0.05, 0) is 35.8 Å². The number of carbonyl (C=O) groups is 3. The molecular weight excluding hydrogens is 428 g/mol. The molecule has 2 heterocycles. The molecule has 1 saturated heterocycles. The van der Waals surface area contributed by atoms with Crippen LogP contribution in [-0.2, 0) is 32.1 Å². The number of thioether (sulfide) groups is 1. The van der Waals surface area contributed by atoms with Crippen LogP contribution < -0.4 is 10.1 Å². The lowest BCUT2D eigenvalue weighted by atomic mass is 10.0. The van der Waals surface area contributed by atoms with E-state index in [1.165, 1.54) is 16.7 Å². The minimum atomic E-state index is -0.645. The summed E-state index contributed by atoms with van der Waals surface area (Å²) in [4.78, 5) is 39.5. The summed E-state index contributed by atoms with van der Waals surface area (Å²) >= 11 is 1.53. The molecule has 8 heteroatoms. The minimum absolute atomic E-state index is 0.0939. The van der Waals surface area contributed by atoms with Gasteiger partial charge < -0.3 is 14.8 Å². The SMILES string of the molecule is COc1ccc(COC(=O)C2=C(C)CS[C@H]3C(NC(=O)Cc4ccccc4)C(=O)N23)cc1. The Hall–Kier alpha value is -3.26. The van der Waals surface area contributed by atoms with Crippen LogP contribution in [0.1, 0.15) is 18.1 Å². The molecule has 0 radical (unpaired) electrons. The van der Waals surface area contributed by atoms with E-state index >= 15 is 0 Å². The van der Waals surface area contributed by atoms with Gasteiger partial charge in [0.05, 0.1) is 13.5 Å². The summed E-state index contributed by atoms with van der Waals surface area (Å²) in [5.74, 6) is 0.263. The van der Waals surface area contributed by atoms with E-state index in [9.17, 15) is 14.4 Å². The first-order valence-corrected chi connectivity index (χ1v) is 11.3. The first kappa shape index (κ1) is 22.0. The number of benzene rings is 2. The second kappa shape index (κ2) is 9.48. The molecule has 1 unspecified atom stereocenters. The first-order valence-electron chi connectivity index (χ1n) is 10.3. The summed E-state index contributed by atoms with van der Waals surface area (Å²) in [5, 5.41) is 2.51. The molecule has 0 saturated carbocycles. The molecule has 32 heavy (non-hydrogen) atoms. The van der Waals surface area contributed by atoms with E-state index in [1.807, 2.05) is 49.4 Å². The van der Waals surface area contributed by atoms with Crippen molar-refractivity contribution in [3.63, 3.8) is 0 Å². The largest absolute Gasteiger partial charge is 0.497 e. The summed E-state index contributed by atoms with van der Waals surface area (Å²) in [6.45, 7) is 1.92. The van der Waals surface area contributed by atoms with E-state index < -0.39 is 12.0 Å². The number of rotatable bonds is 7. The number of carbonyl (C=O) groups excluding carboxylic acids is 3. The maximum Gasteiger partial charge on any atom is 0.355 e. The van der Waals surface area contributed by atoms with E-state index in [-0.39, 0.29) is 35.9 Å². The maximum absolute atomic E-state index is 12.8. The Bertz CT molecular complexity index is 1050. The lowest BCUT2D eigenvalue weighted by Crippen LogP contribution is -2.70. The quantitative estimate of drug-likeness (QED) is 0.514. The summed E-state index contributed by atoms with van der Waals surface area (Å²) in [5.41, 5.74) is 2.76. The third-order valence-corrected chi connectivity index (χ3v) is 6.83. The zero-order chi connectivity index (χ0) is 22.7. The number of fused-ring (bicyclic) bond motifs is 1. The molecule has 0 aliphatic carbocycles. The normalized spacial score (nSPS) is 19.7. The summed E-state index contributed by atoms with van der Waals surface area (Å²) in [6, 6.07) is 15.9. The number of hydrogen-bond donors (Lipinski definition) is 1. The van der Waals surface area contributed by atoms with Gasteiger partial charge in [-0.15, -0.1) is 11.8 Å². The molecule has 2 aromatic rings. The second-order valence-corrected chi connectivity index (χ2v) is 8.78. The molecule has 1 fully saturated rings. The second-order valence-electron chi connectivity index (χ2n) is 7.67. The minimum Gasteiger partial charge on any atom is -0.497 e. The van der Waals surface area contributed by atoms with Crippen molar-refractivity contribution in [2.45, 2.75) is 31.4 Å². The lowest BCUT2D eigenvalue weighted by Gasteiger charge is -2.49. The van der Waals surface area contributed by atoms with Crippen molar-refractivity contribution in [1.29, 1.82) is 0 Å². The van der Waals surface area contributed by atoms with Gasteiger partial charge in [-0.3, -0.25) is 14.5 Å². The third kappa shape index (κ3) is 4.50. The molecule has 4 rings (SSSR count). The monoisotopic (exact) mass is 452 g/mol. The van der Waals surface area contributed by atoms with Crippen LogP contribution in [0.2, 0.25) is 0 Å². The van der Waals surface area contributed by atoms with Crippen molar-refractivity contribution in [2.24, 2.45) is 0 Å². The van der Waals surface area contributed by atoms with E-state index in [0.29, 0.717) is 5.75 Å². The van der Waals surface area contributed by atoms with E-state index in [0.717, 1.165) is 22.4 Å². The van der Waals surface area contributed by atoms with Crippen molar-refractivity contribution in [3.8, 4) is 5.75 Å². The van der Waals surface area contributed by atoms with Crippen LogP contribution in [-0.4, -0.2) is 47.0 Å². The highest BCUT2D eigenvalue weighted by Crippen LogP contribution is 2.40. The summed E-state index contributed by atoms with van der Waals surface area (Å²) in [7, 11) is 1.59. The van der Waals surface area contributed by atoms with Gasteiger partial charge in [-0.1, -0.05) is 42.5 Å². The van der Waals surface area contributed by atoms with Crippen LogP contribution in [0.3, 0.4) is 0 Å². The predicted molar refractivity (Wildman–Crippen MR) is 121 cm³/mol. The molecule has 7 nitrogen and oxygen atoms in total. The fourth-order valence-corrected chi connectivity index (χ4v) is 5.00.